The van der Waals surface area contributed by atoms with Crippen molar-refractivity contribution >= 4 is 28.8 Å². The van der Waals surface area contributed by atoms with Crippen LogP contribution in [-0.2, 0) is 9.59 Å². The fourth-order valence-electron chi connectivity index (χ4n) is 6.22. The van der Waals surface area contributed by atoms with Gasteiger partial charge < -0.3 is 29.7 Å². The zero-order chi connectivity index (χ0) is 31.0. The zero-order valence-corrected chi connectivity index (χ0v) is 25.2. The highest BCUT2D eigenvalue weighted by Crippen LogP contribution is 2.45. The van der Waals surface area contributed by atoms with Crippen molar-refractivity contribution in [1.82, 2.24) is 25.1 Å². The van der Waals surface area contributed by atoms with Crippen molar-refractivity contribution in [3.63, 3.8) is 0 Å². The SMILES string of the molecule is COc1cc2nc(-c3ccccc3)nc(O[C@@H]3C[C@H]4C(=O)N[C@]5(C(=O)O)C[C@H]5C=CCCCCN(C)C(=O)N4C3)c2cc1C. The Balaban J connectivity index is 1.34. The molecule has 3 aromatic rings. The van der Waals surface area contributed by atoms with Crippen LogP contribution in [0.3, 0.4) is 0 Å². The average Bonchev–Trinajstić information content (AvgIpc) is 3.56. The lowest BCUT2D eigenvalue weighted by Gasteiger charge is -2.29. The normalized spacial score (nSPS) is 25.6. The van der Waals surface area contributed by atoms with Crippen molar-refractivity contribution in [2.24, 2.45) is 5.92 Å². The second kappa shape index (κ2) is 11.8. The van der Waals surface area contributed by atoms with Gasteiger partial charge in [0, 0.05) is 37.6 Å². The van der Waals surface area contributed by atoms with E-state index in [0.29, 0.717) is 41.3 Å². The molecule has 2 fully saturated rings. The van der Waals surface area contributed by atoms with Crippen molar-refractivity contribution < 1.29 is 29.0 Å². The van der Waals surface area contributed by atoms with Crippen LogP contribution >= 0.6 is 0 Å². The number of nitrogens with one attached hydrogen (secondary N) is 1. The molecule has 0 radical (unpaired) electrons. The second-order valence-corrected chi connectivity index (χ2v) is 11.9. The molecule has 6 rings (SSSR count). The fourth-order valence-corrected chi connectivity index (χ4v) is 6.22. The highest BCUT2D eigenvalue weighted by atomic mass is 16.5. The Morgan fingerprint density at radius 2 is 1.93 bits per heavy atom. The molecule has 11 nitrogen and oxygen atoms in total. The van der Waals surface area contributed by atoms with Gasteiger partial charge >= 0.3 is 12.0 Å². The molecular formula is C33H37N5O6. The number of benzene rings is 2. The molecule has 2 aromatic carbocycles. The Morgan fingerprint density at radius 3 is 2.68 bits per heavy atom. The lowest BCUT2D eigenvalue weighted by atomic mass is 10.1. The summed E-state index contributed by atoms with van der Waals surface area (Å²) in [5.74, 6) is -0.349. The van der Waals surface area contributed by atoms with Gasteiger partial charge in [0.2, 0.25) is 11.8 Å². The van der Waals surface area contributed by atoms with Crippen LogP contribution < -0.4 is 14.8 Å². The maximum absolute atomic E-state index is 13.7. The topological polar surface area (TPSA) is 134 Å². The van der Waals surface area contributed by atoms with Crippen LogP contribution in [0.2, 0.25) is 0 Å². The monoisotopic (exact) mass is 599 g/mol. The maximum atomic E-state index is 13.7. The Kier molecular flexibility index (Phi) is 7.87. The van der Waals surface area contributed by atoms with E-state index in [-0.39, 0.29) is 24.9 Å². The molecular weight excluding hydrogens is 562 g/mol. The first kappa shape index (κ1) is 29.4. The number of allylic oxidation sites excluding steroid dienone is 1. The molecule has 2 aliphatic heterocycles. The fraction of sp³-hybridized carbons (Fsp3) is 0.424. The quantitative estimate of drug-likeness (QED) is 0.417. The van der Waals surface area contributed by atoms with Gasteiger partial charge in [0.1, 0.15) is 23.4 Å². The molecule has 1 saturated heterocycles. The van der Waals surface area contributed by atoms with Gasteiger partial charge in [-0.2, -0.15) is 4.98 Å². The Morgan fingerprint density at radius 1 is 1.14 bits per heavy atom. The summed E-state index contributed by atoms with van der Waals surface area (Å²) in [6.45, 7) is 2.62. The summed E-state index contributed by atoms with van der Waals surface area (Å²) in [7, 11) is 3.33. The summed E-state index contributed by atoms with van der Waals surface area (Å²) >= 11 is 0. The molecule has 3 heterocycles. The molecule has 11 heteroatoms. The molecule has 0 unspecified atom stereocenters. The van der Waals surface area contributed by atoms with Crippen LogP contribution in [0.4, 0.5) is 4.79 Å². The van der Waals surface area contributed by atoms with E-state index in [9.17, 15) is 19.5 Å². The molecule has 1 aliphatic carbocycles. The molecule has 3 aliphatic rings. The molecule has 0 spiro atoms. The Bertz CT molecular complexity index is 1630. The van der Waals surface area contributed by atoms with Crippen molar-refractivity contribution in [2.45, 2.75) is 56.7 Å². The molecule has 1 saturated carbocycles. The van der Waals surface area contributed by atoms with Gasteiger partial charge in [0.15, 0.2) is 5.82 Å². The number of carboxylic acid groups (broad SMARTS) is 1. The summed E-state index contributed by atoms with van der Waals surface area (Å²) in [5, 5.41) is 13.5. The molecule has 4 atom stereocenters. The standard InChI is InChI=1S/C33H37N5O6/c1-20-15-24-25(17-27(20)43-3)34-28(21-11-7-6-8-12-21)35-30(24)44-23-16-26-29(39)36-33(31(40)41)18-22(33)13-9-4-5-10-14-37(2)32(42)38(26)19-23/h6-9,11-13,15,17,22-23,26H,4-5,10,14,16,18-19H2,1-3H3,(H,36,39)(H,40,41)/t22-,23-,26+,33-/m1/s1. The second-order valence-electron chi connectivity index (χ2n) is 11.9. The third kappa shape index (κ3) is 5.54. The number of urea groups is 1. The lowest BCUT2D eigenvalue weighted by molar-refractivity contribution is -0.144. The summed E-state index contributed by atoms with van der Waals surface area (Å²) in [5.41, 5.74) is 0.969. The highest BCUT2D eigenvalue weighted by Gasteiger charge is 2.61. The number of fused-ring (bicyclic) bond motifs is 3. The number of aryl methyl sites for hydroxylation is 1. The maximum Gasteiger partial charge on any atom is 0.330 e. The molecule has 44 heavy (non-hydrogen) atoms. The molecule has 2 N–H and O–H groups in total. The zero-order valence-electron chi connectivity index (χ0n) is 25.2. The molecule has 0 bridgehead atoms. The number of ether oxygens (including phenoxy) is 2. The number of carbonyl (C=O) groups is 3. The van der Waals surface area contributed by atoms with Crippen molar-refractivity contribution in [1.29, 1.82) is 0 Å². The van der Waals surface area contributed by atoms with Crippen LogP contribution in [0.5, 0.6) is 11.6 Å². The average molecular weight is 600 g/mol. The Hall–Kier alpha value is -4.67. The van der Waals surface area contributed by atoms with E-state index < -0.39 is 29.6 Å². The molecule has 3 amide bonds. The first-order chi connectivity index (χ1) is 21.2. The number of carboxylic acids is 1. The van der Waals surface area contributed by atoms with Gasteiger partial charge in [-0.15, -0.1) is 0 Å². The number of methoxy groups -OCH3 is 1. The molecule has 230 valence electrons. The number of hydrogen-bond acceptors (Lipinski definition) is 7. The summed E-state index contributed by atoms with van der Waals surface area (Å²) < 4.78 is 12.1. The number of hydrogen-bond donors (Lipinski definition) is 2. The third-order valence-corrected chi connectivity index (χ3v) is 8.85. The van der Waals surface area contributed by atoms with E-state index in [1.165, 1.54) is 4.90 Å². The van der Waals surface area contributed by atoms with Gasteiger partial charge in [0.05, 0.1) is 24.6 Å². The van der Waals surface area contributed by atoms with E-state index in [1.807, 2.05) is 61.5 Å². The largest absolute Gasteiger partial charge is 0.496 e. The van der Waals surface area contributed by atoms with Gasteiger partial charge in [-0.25, -0.2) is 14.6 Å². The minimum Gasteiger partial charge on any atom is -0.496 e. The first-order valence-corrected chi connectivity index (χ1v) is 15.0. The van der Waals surface area contributed by atoms with Crippen LogP contribution in [0.25, 0.3) is 22.3 Å². The predicted molar refractivity (Wildman–Crippen MR) is 163 cm³/mol. The van der Waals surface area contributed by atoms with Crippen molar-refractivity contribution in [3.05, 3.63) is 60.2 Å². The van der Waals surface area contributed by atoms with Crippen LogP contribution in [0.15, 0.2) is 54.6 Å². The van der Waals surface area contributed by atoms with Gasteiger partial charge in [0.25, 0.3) is 0 Å². The summed E-state index contributed by atoms with van der Waals surface area (Å²) in [6.07, 6.45) is 6.27. The van der Waals surface area contributed by atoms with Gasteiger partial charge in [-0.05, 0) is 44.2 Å². The van der Waals surface area contributed by atoms with Crippen LogP contribution in [-0.4, -0.2) is 87.7 Å². The number of aliphatic carboxylic acids is 1. The number of aromatic nitrogens is 2. The number of rotatable bonds is 5. The van der Waals surface area contributed by atoms with Gasteiger partial charge in [-0.1, -0.05) is 42.5 Å². The Labute approximate surface area is 255 Å². The number of amides is 3. The number of carbonyl (C=O) groups excluding carboxylic acids is 2. The smallest absolute Gasteiger partial charge is 0.330 e. The highest BCUT2D eigenvalue weighted by molar-refractivity contribution is 5.94. The predicted octanol–water partition coefficient (Wildman–Crippen LogP) is 4.19. The van der Waals surface area contributed by atoms with E-state index in [4.69, 9.17) is 19.4 Å². The minimum absolute atomic E-state index is 0.145. The number of nitrogens with zero attached hydrogens (tertiary/aromatic N) is 4. The lowest BCUT2D eigenvalue weighted by Crippen LogP contribution is -2.54. The molecule has 1 aromatic heterocycles. The summed E-state index contributed by atoms with van der Waals surface area (Å²) in [4.78, 5) is 52.4. The van der Waals surface area contributed by atoms with Crippen molar-refractivity contribution in [3.8, 4) is 23.0 Å². The van der Waals surface area contributed by atoms with Gasteiger partial charge in [-0.3, -0.25) is 4.79 Å². The summed E-state index contributed by atoms with van der Waals surface area (Å²) in [6, 6.07) is 12.1. The van der Waals surface area contributed by atoms with Crippen molar-refractivity contribution in [2.75, 3.05) is 27.2 Å². The van der Waals surface area contributed by atoms with Crippen LogP contribution in [0, 0.1) is 12.8 Å². The van der Waals surface area contributed by atoms with E-state index in [1.54, 1.807) is 19.1 Å². The first-order valence-electron chi connectivity index (χ1n) is 15.0. The third-order valence-electron chi connectivity index (χ3n) is 8.85. The van der Waals surface area contributed by atoms with E-state index in [0.717, 1.165) is 30.4 Å². The van der Waals surface area contributed by atoms with E-state index >= 15 is 0 Å². The van der Waals surface area contributed by atoms with Crippen LogP contribution in [0.1, 0.15) is 37.7 Å². The van der Waals surface area contributed by atoms with E-state index in [2.05, 4.69) is 5.32 Å². The minimum atomic E-state index is -1.36.